The Morgan fingerprint density at radius 1 is 1.39 bits per heavy atom. The summed E-state index contributed by atoms with van der Waals surface area (Å²) in [7, 11) is -0.322. The number of carbonyl (C=O) groups excluding carboxylic acids is 1. The molecule has 1 fully saturated rings. The highest BCUT2D eigenvalue weighted by molar-refractivity contribution is 7.89. The number of nitrogens with one attached hydrogen (secondary N) is 2. The fraction of sp³-hybridized carbons (Fsp3) is 0.714. The lowest BCUT2D eigenvalue weighted by Gasteiger charge is -2.20. The van der Waals surface area contributed by atoms with Crippen molar-refractivity contribution in [2.45, 2.75) is 25.3 Å². The summed E-state index contributed by atoms with van der Waals surface area (Å²) in [6, 6.07) is -0.314. The molecule has 0 aromatic carbocycles. The first-order valence-electron chi connectivity index (χ1n) is 7.73. The van der Waals surface area contributed by atoms with Crippen molar-refractivity contribution in [3.8, 4) is 0 Å². The van der Waals surface area contributed by atoms with E-state index in [1.807, 2.05) is 0 Å². The van der Waals surface area contributed by atoms with Crippen LogP contribution in [0.2, 0.25) is 0 Å². The molecule has 1 amide bonds. The van der Waals surface area contributed by atoms with E-state index in [4.69, 9.17) is 4.74 Å². The maximum Gasteiger partial charge on any atom is 0.272 e. The molecule has 0 saturated carbocycles. The molecule has 2 atom stereocenters. The standard InChI is InChI=1S/C14H22N4O4S/c1-18(2)23(20,21)8-9-6-22-7-12(9)15-14(19)13-10-4-3-5-11(10)16-17-13/h9,12H,3-8H2,1-2H3,(H,15,19)(H,16,17)/t9-,12-/m0/s1. The van der Waals surface area contributed by atoms with Crippen LogP contribution in [0.1, 0.15) is 28.2 Å². The normalized spacial score (nSPS) is 24.1. The summed E-state index contributed by atoms with van der Waals surface area (Å²) in [5, 5.41) is 9.91. The van der Waals surface area contributed by atoms with Crippen molar-refractivity contribution in [3.63, 3.8) is 0 Å². The number of nitrogens with zero attached hydrogens (tertiary/aromatic N) is 2. The molecule has 0 radical (unpaired) electrons. The minimum atomic E-state index is -3.33. The zero-order chi connectivity index (χ0) is 16.6. The zero-order valence-corrected chi connectivity index (χ0v) is 14.1. The van der Waals surface area contributed by atoms with Gasteiger partial charge in [-0.3, -0.25) is 9.89 Å². The SMILES string of the molecule is CN(C)S(=O)(=O)C[C@@H]1COC[C@@H]1NC(=O)c1n[nH]c2c1CCC2. The summed E-state index contributed by atoms with van der Waals surface area (Å²) in [5.74, 6) is -0.547. The van der Waals surface area contributed by atoms with Crippen LogP contribution in [0.5, 0.6) is 0 Å². The van der Waals surface area contributed by atoms with E-state index in [-0.39, 0.29) is 23.6 Å². The van der Waals surface area contributed by atoms with Crippen molar-refractivity contribution in [2.75, 3.05) is 33.1 Å². The number of aromatic nitrogens is 2. The lowest BCUT2D eigenvalue weighted by atomic mass is 10.1. The average molecular weight is 342 g/mol. The van der Waals surface area contributed by atoms with E-state index < -0.39 is 10.0 Å². The Labute approximate surface area is 135 Å². The Bertz CT molecular complexity index is 698. The van der Waals surface area contributed by atoms with Crippen LogP contribution in [0.4, 0.5) is 0 Å². The van der Waals surface area contributed by atoms with E-state index in [2.05, 4.69) is 15.5 Å². The van der Waals surface area contributed by atoms with E-state index in [0.29, 0.717) is 18.9 Å². The monoisotopic (exact) mass is 342 g/mol. The highest BCUT2D eigenvalue weighted by Gasteiger charge is 2.35. The summed E-state index contributed by atoms with van der Waals surface area (Å²) in [6.07, 6.45) is 2.81. The van der Waals surface area contributed by atoms with Gasteiger partial charge in [0.05, 0.1) is 25.0 Å². The molecular formula is C14H22N4O4S. The zero-order valence-electron chi connectivity index (χ0n) is 13.3. The number of amides is 1. The molecule has 2 N–H and O–H groups in total. The molecule has 1 aliphatic heterocycles. The third-order valence-corrected chi connectivity index (χ3v) is 6.48. The van der Waals surface area contributed by atoms with Crippen molar-refractivity contribution in [1.82, 2.24) is 19.8 Å². The minimum Gasteiger partial charge on any atom is -0.379 e. The van der Waals surface area contributed by atoms with Gasteiger partial charge in [0.25, 0.3) is 5.91 Å². The van der Waals surface area contributed by atoms with Crippen LogP contribution in [0, 0.1) is 5.92 Å². The van der Waals surface area contributed by atoms with Gasteiger partial charge >= 0.3 is 0 Å². The van der Waals surface area contributed by atoms with Crippen LogP contribution in [0.25, 0.3) is 0 Å². The Morgan fingerprint density at radius 2 is 2.17 bits per heavy atom. The van der Waals surface area contributed by atoms with Gasteiger partial charge in [-0.25, -0.2) is 12.7 Å². The first-order chi connectivity index (χ1) is 10.9. The predicted molar refractivity (Wildman–Crippen MR) is 83.6 cm³/mol. The average Bonchev–Trinajstić information content (AvgIpc) is 3.15. The van der Waals surface area contributed by atoms with Crippen LogP contribution in [0.15, 0.2) is 0 Å². The van der Waals surface area contributed by atoms with E-state index >= 15 is 0 Å². The van der Waals surface area contributed by atoms with E-state index in [1.54, 1.807) is 0 Å². The van der Waals surface area contributed by atoms with Gasteiger partial charge in [0.2, 0.25) is 10.0 Å². The van der Waals surface area contributed by atoms with Crippen molar-refractivity contribution >= 4 is 15.9 Å². The molecule has 8 nitrogen and oxygen atoms in total. The summed E-state index contributed by atoms with van der Waals surface area (Å²) in [6.45, 7) is 0.655. The minimum absolute atomic E-state index is 0.0381. The number of hydrogen-bond donors (Lipinski definition) is 2. The Kier molecular flexibility index (Phi) is 4.43. The van der Waals surface area contributed by atoms with Gasteiger partial charge in [-0.2, -0.15) is 5.10 Å². The fourth-order valence-electron chi connectivity index (χ4n) is 3.09. The van der Waals surface area contributed by atoms with Crippen LogP contribution in [-0.2, 0) is 27.6 Å². The first kappa shape index (κ1) is 16.4. The molecular weight excluding hydrogens is 320 g/mol. The first-order valence-corrected chi connectivity index (χ1v) is 9.34. The van der Waals surface area contributed by atoms with Crippen molar-refractivity contribution in [2.24, 2.45) is 5.92 Å². The second-order valence-corrected chi connectivity index (χ2v) is 8.55. The molecule has 1 aliphatic carbocycles. The second-order valence-electron chi connectivity index (χ2n) is 6.32. The molecule has 1 aromatic rings. The maximum absolute atomic E-state index is 12.5. The van der Waals surface area contributed by atoms with E-state index in [1.165, 1.54) is 18.4 Å². The molecule has 2 aliphatic rings. The van der Waals surface area contributed by atoms with E-state index in [9.17, 15) is 13.2 Å². The van der Waals surface area contributed by atoms with Gasteiger partial charge < -0.3 is 10.1 Å². The highest BCUT2D eigenvalue weighted by Crippen LogP contribution is 2.23. The number of carbonyl (C=O) groups is 1. The van der Waals surface area contributed by atoms with Gasteiger partial charge in [-0.1, -0.05) is 0 Å². The van der Waals surface area contributed by atoms with Gasteiger partial charge in [0.1, 0.15) is 0 Å². The summed E-state index contributed by atoms with van der Waals surface area (Å²) in [4.78, 5) is 12.5. The topological polar surface area (TPSA) is 104 Å². The number of aromatic amines is 1. The Hall–Kier alpha value is -1.45. The number of ether oxygens (including phenoxy) is 1. The molecule has 128 valence electrons. The highest BCUT2D eigenvalue weighted by atomic mass is 32.2. The number of rotatable bonds is 5. The summed E-state index contributed by atoms with van der Waals surface area (Å²) >= 11 is 0. The van der Waals surface area contributed by atoms with Gasteiger partial charge in [-0.05, 0) is 19.3 Å². The number of fused-ring (bicyclic) bond motifs is 1. The molecule has 0 bridgehead atoms. The Morgan fingerprint density at radius 3 is 2.91 bits per heavy atom. The van der Waals surface area contributed by atoms with Crippen LogP contribution in [0.3, 0.4) is 0 Å². The number of sulfonamides is 1. The third kappa shape index (κ3) is 3.26. The van der Waals surface area contributed by atoms with Crippen LogP contribution >= 0.6 is 0 Å². The summed E-state index contributed by atoms with van der Waals surface area (Å²) < 4.78 is 30.7. The lowest BCUT2D eigenvalue weighted by molar-refractivity contribution is 0.0920. The van der Waals surface area contributed by atoms with E-state index in [0.717, 1.165) is 30.5 Å². The Balaban J connectivity index is 1.68. The fourth-order valence-corrected chi connectivity index (χ4v) is 4.25. The van der Waals surface area contributed by atoms with Gasteiger partial charge in [-0.15, -0.1) is 0 Å². The number of hydrogen-bond acceptors (Lipinski definition) is 5. The molecule has 0 unspecified atom stereocenters. The van der Waals surface area contributed by atoms with Crippen molar-refractivity contribution < 1.29 is 17.9 Å². The largest absolute Gasteiger partial charge is 0.379 e. The van der Waals surface area contributed by atoms with Crippen LogP contribution < -0.4 is 5.32 Å². The number of aryl methyl sites for hydroxylation is 1. The molecule has 9 heteroatoms. The second kappa shape index (κ2) is 6.21. The van der Waals surface area contributed by atoms with Crippen molar-refractivity contribution in [3.05, 3.63) is 17.0 Å². The molecule has 23 heavy (non-hydrogen) atoms. The summed E-state index contributed by atoms with van der Waals surface area (Å²) in [5.41, 5.74) is 2.45. The number of H-pyrrole nitrogens is 1. The lowest BCUT2D eigenvalue weighted by Crippen LogP contribution is -2.43. The third-order valence-electron chi connectivity index (χ3n) is 4.52. The molecule has 0 spiro atoms. The molecule has 2 heterocycles. The maximum atomic E-state index is 12.5. The van der Waals surface area contributed by atoms with Gasteiger partial charge in [0, 0.05) is 31.3 Å². The quantitative estimate of drug-likeness (QED) is 0.753. The van der Waals surface area contributed by atoms with Crippen molar-refractivity contribution in [1.29, 1.82) is 0 Å². The smallest absolute Gasteiger partial charge is 0.272 e. The van der Waals surface area contributed by atoms with Gasteiger partial charge in [0.15, 0.2) is 5.69 Å². The molecule has 1 aromatic heterocycles. The van der Waals surface area contributed by atoms with Crippen LogP contribution in [-0.4, -0.2) is 67.9 Å². The molecule has 3 rings (SSSR count). The predicted octanol–water partition coefficient (Wildman–Crippen LogP) is -0.465. The molecule has 1 saturated heterocycles.